The Balaban J connectivity index is 1.40. The molecule has 2 fully saturated rings. The summed E-state index contributed by atoms with van der Waals surface area (Å²) in [7, 11) is 0. The molecule has 0 radical (unpaired) electrons. The van der Waals surface area contributed by atoms with E-state index in [2.05, 4.69) is 16.9 Å². The van der Waals surface area contributed by atoms with Gasteiger partial charge in [-0.2, -0.15) is 0 Å². The van der Waals surface area contributed by atoms with Gasteiger partial charge in [0.1, 0.15) is 0 Å². The van der Waals surface area contributed by atoms with E-state index in [0.29, 0.717) is 29.7 Å². The van der Waals surface area contributed by atoms with Crippen molar-refractivity contribution in [1.82, 2.24) is 14.9 Å². The number of halogens is 1. The first-order valence-electron chi connectivity index (χ1n) is 11.7. The molecule has 34 heavy (non-hydrogen) atoms. The molecule has 0 spiro atoms. The maximum Gasteiger partial charge on any atom is 0.253 e. The third kappa shape index (κ3) is 4.58. The predicted octanol–water partition coefficient (Wildman–Crippen LogP) is 5.56. The summed E-state index contributed by atoms with van der Waals surface area (Å²) in [5.74, 6) is -0.118. The SMILES string of the molecule is CC1CCN(C(=O)c2ccc(-c3cncc(-c4ccnc(C5(C)OCCO5)c4)c3)c(Cl)c2)CC1. The number of likely N-dealkylation sites (tertiary alicyclic amines) is 1. The smallest absolute Gasteiger partial charge is 0.253 e. The fourth-order valence-electron chi connectivity index (χ4n) is 4.54. The Morgan fingerprint density at radius 3 is 2.50 bits per heavy atom. The number of benzene rings is 1. The molecule has 0 unspecified atom stereocenters. The van der Waals surface area contributed by atoms with Crippen molar-refractivity contribution in [3.63, 3.8) is 0 Å². The van der Waals surface area contributed by atoms with Crippen LogP contribution in [0.15, 0.2) is 55.0 Å². The van der Waals surface area contributed by atoms with Gasteiger partial charge in [-0.15, -0.1) is 0 Å². The number of aromatic nitrogens is 2. The molecule has 2 aliphatic rings. The van der Waals surface area contributed by atoms with E-state index < -0.39 is 5.79 Å². The maximum atomic E-state index is 12.9. The normalized spacial score (nSPS) is 18.3. The summed E-state index contributed by atoms with van der Waals surface area (Å²) in [5.41, 5.74) is 4.95. The minimum Gasteiger partial charge on any atom is -0.342 e. The van der Waals surface area contributed by atoms with Crippen molar-refractivity contribution < 1.29 is 14.3 Å². The molecule has 2 aliphatic heterocycles. The number of hydrogen-bond acceptors (Lipinski definition) is 5. The maximum absolute atomic E-state index is 12.9. The van der Waals surface area contributed by atoms with Crippen molar-refractivity contribution >= 4 is 17.5 Å². The van der Waals surface area contributed by atoms with Gasteiger partial charge in [0.25, 0.3) is 5.91 Å². The van der Waals surface area contributed by atoms with Crippen LogP contribution in [-0.2, 0) is 15.3 Å². The fourth-order valence-corrected chi connectivity index (χ4v) is 4.83. The monoisotopic (exact) mass is 477 g/mol. The molecule has 176 valence electrons. The number of carbonyl (C=O) groups is 1. The Labute approximate surface area is 204 Å². The van der Waals surface area contributed by atoms with Gasteiger partial charge in [-0.1, -0.05) is 24.6 Å². The molecule has 2 saturated heterocycles. The standard InChI is InChI=1S/C27H28ClN3O3/c1-18-6-9-31(10-7-18)26(32)20-3-4-23(24(28)14-20)22-13-21(16-29-17-22)19-5-8-30-25(15-19)27(2)33-11-12-34-27/h3-5,8,13-18H,6-7,9-12H2,1-2H3. The van der Waals surface area contributed by atoms with E-state index >= 15 is 0 Å². The Morgan fingerprint density at radius 2 is 1.76 bits per heavy atom. The molecular weight excluding hydrogens is 450 g/mol. The molecule has 0 bridgehead atoms. The van der Waals surface area contributed by atoms with Gasteiger partial charge < -0.3 is 14.4 Å². The topological polar surface area (TPSA) is 64.6 Å². The molecule has 6 nitrogen and oxygen atoms in total. The highest BCUT2D eigenvalue weighted by Gasteiger charge is 2.34. The van der Waals surface area contributed by atoms with Gasteiger partial charge in [-0.3, -0.25) is 14.8 Å². The van der Waals surface area contributed by atoms with Crippen LogP contribution in [0, 0.1) is 5.92 Å². The second-order valence-electron chi connectivity index (χ2n) is 9.20. The van der Waals surface area contributed by atoms with Crippen molar-refractivity contribution in [2.75, 3.05) is 26.3 Å². The van der Waals surface area contributed by atoms with E-state index in [1.54, 1.807) is 18.5 Å². The van der Waals surface area contributed by atoms with Crippen molar-refractivity contribution in [2.24, 2.45) is 5.92 Å². The highest BCUT2D eigenvalue weighted by Crippen LogP contribution is 2.34. The molecule has 0 saturated carbocycles. The number of hydrogen-bond donors (Lipinski definition) is 0. The largest absolute Gasteiger partial charge is 0.342 e. The molecule has 5 rings (SSSR count). The molecule has 0 atom stereocenters. The number of nitrogens with zero attached hydrogens (tertiary/aromatic N) is 3. The van der Waals surface area contributed by atoms with Gasteiger partial charge in [-0.25, -0.2) is 0 Å². The highest BCUT2D eigenvalue weighted by atomic mass is 35.5. The van der Waals surface area contributed by atoms with Crippen molar-refractivity contribution in [2.45, 2.75) is 32.5 Å². The summed E-state index contributed by atoms with van der Waals surface area (Å²) in [6, 6.07) is 11.5. The Hall–Kier alpha value is -2.80. The van der Waals surface area contributed by atoms with Crippen molar-refractivity contribution in [1.29, 1.82) is 0 Å². The zero-order valence-corrected chi connectivity index (χ0v) is 20.2. The van der Waals surface area contributed by atoms with E-state index in [1.807, 2.05) is 48.4 Å². The number of pyridine rings is 2. The second-order valence-corrected chi connectivity index (χ2v) is 9.61. The van der Waals surface area contributed by atoms with Crippen LogP contribution in [0.25, 0.3) is 22.3 Å². The molecule has 2 aromatic heterocycles. The summed E-state index contributed by atoms with van der Waals surface area (Å²) in [6.45, 7) is 6.82. The molecule has 0 N–H and O–H groups in total. The van der Waals surface area contributed by atoms with Gasteiger partial charge in [0.2, 0.25) is 5.79 Å². The zero-order chi connectivity index (χ0) is 23.7. The zero-order valence-electron chi connectivity index (χ0n) is 19.5. The fraction of sp³-hybridized carbons (Fsp3) is 0.370. The number of ether oxygens (including phenoxy) is 2. The summed E-state index contributed by atoms with van der Waals surface area (Å²) in [4.78, 5) is 23.8. The van der Waals surface area contributed by atoms with Crippen LogP contribution in [0.4, 0.5) is 0 Å². The lowest BCUT2D eigenvalue weighted by atomic mass is 9.98. The average Bonchev–Trinajstić information content (AvgIpc) is 3.32. The first kappa shape index (κ1) is 23.0. The summed E-state index contributed by atoms with van der Waals surface area (Å²) >= 11 is 6.66. The van der Waals surface area contributed by atoms with Crippen molar-refractivity contribution in [3.05, 3.63) is 71.3 Å². The lowest BCUT2D eigenvalue weighted by Gasteiger charge is -2.30. The van der Waals surface area contributed by atoms with Gasteiger partial charge in [0, 0.05) is 59.0 Å². The second kappa shape index (κ2) is 9.45. The number of amides is 1. The van der Waals surface area contributed by atoms with E-state index in [9.17, 15) is 4.79 Å². The quantitative estimate of drug-likeness (QED) is 0.492. The third-order valence-corrected chi connectivity index (χ3v) is 7.05. The van der Waals surface area contributed by atoms with Crippen LogP contribution in [0.2, 0.25) is 5.02 Å². The molecule has 3 aromatic rings. The first-order chi connectivity index (χ1) is 16.4. The van der Waals surface area contributed by atoms with Crippen LogP contribution >= 0.6 is 11.6 Å². The van der Waals surface area contributed by atoms with Crippen LogP contribution in [0.3, 0.4) is 0 Å². The van der Waals surface area contributed by atoms with Crippen LogP contribution in [0.1, 0.15) is 42.7 Å². The van der Waals surface area contributed by atoms with E-state index in [-0.39, 0.29) is 5.91 Å². The van der Waals surface area contributed by atoms with Gasteiger partial charge in [0.05, 0.1) is 18.9 Å². The Kier molecular flexibility index (Phi) is 6.38. The first-order valence-corrected chi connectivity index (χ1v) is 12.1. The molecule has 0 aliphatic carbocycles. The predicted molar refractivity (Wildman–Crippen MR) is 131 cm³/mol. The van der Waals surface area contributed by atoms with Crippen LogP contribution < -0.4 is 0 Å². The van der Waals surface area contributed by atoms with Crippen LogP contribution in [-0.4, -0.2) is 47.1 Å². The molecular formula is C27H28ClN3O3. The Bertz CT molecular complexity index is 1200. The molecule has 4 heterocycles. The number of piperidine rings is 1. The summed E-state index contributed by atoms with van der Waals surface area (Å²) in [5, 5.41) is 0.533. The number of rotatable bonds is 4. The van der Waals surface area contributed by atoms with E-state index in [0.717, 1.165) is 53.9 Å². The summed E-state index contributed by atoms with van der Waals surface area (Å²) in [6.07, 6.45) is 7.44. The highest BCUT2D eigenvalue weighted by molar-refractivity contribution is 6.33. The Morgan fingerprint density at radius 1 is 1.03 bits per heavy atom. The summed E-state index contributed by atoms with van der Waals surface area (Å²) < 4.78 is 11.5. The van der Waals surface area contributed by atoms with E-state index in [4.69, 9.17) is 21.1 Å². The minimum absolute atomic E-state index is 0.0430. The molecule has 1 amide bonds. The van der Waals surface area contributed by atoms with Gasteiger partial charge >= 0.3 is 0 Å². The van der Waals surface area contributed by atoms with Crippen molar-refractivity contribution in [3.8, 4) is 22.3 Å². The molecule has 1 aromatic carbocycles. The van der Waals surface area contributed by atoms with Gasteiger partial charge in [0.15, 0.2) is 0 Å². The third-order valence-electron chi connectivity index (χ3n) is 6.73. The lowest BCUT2D eigenvalue weighted by Crippen LogP contribution is -2.37. The number of carbonyl (C=O) groups excluding carboxylic acids is 1. The minimum atomic E-state index is -0.834. The molecule has 7 heteroatoms. The lowest BCUT2D eigenvalue weighted by molar-refractivity contribution is -0.152. The van der Waals surface area contributed by atoms with E-state index in [1.165, 1.54) is 0 Å². The van der Waals surface area contributed by atoms with Gasteiger partial charge in [-0.05, 0) is 61.6 Å². The van der Waals surface area contributed by atoms with Crippen LogP contribution in [0.5, 0.6) is 0 Å². The average molecular weight is 478 g/mol.